The molecule has 1 aliphatic carbocycles. The Morgan fingerprint density at radius 2 is 1.56 bits per heavy atom. The molecule has 0 amide bonds. The van der Waals surface area contributed by atoms with Crippen LogP contribution in [-0.4, -0.2) is 57.2 Å². The first-order chi connectivity index (χ1) is 20.6. The summed E-state index contributed by atoms with van der Waals surface area (Å²) in [5.74, 6) is -0.642. The summed E-state index contributed by atoms with van der Waals surface area (Å²) in [5, 5.41) is 38.4. The second kappa shape index (κ2) is 8.41. The van der Waals surface area contributed by atoms with Crippen molar-refractivity contribution in [2.75, 3.05) is 26.7 Å². The van der Waals surface area contributed by atoms with E-state index in [1.54, 1.807) is 30.3 Å². The molecule has 3 fully saturated rings. The summed E-state index contributed by atoms with van der Waals surface area (Å²) in [4.78, 5) is 41.6. The van der Waals surface area contributed by atoms with Gasteiger partial charge in [-0.05, 0) is 40.6 Å². The average molecular weight is 575 g/mol. The topological polar surface area (TPSA) is 130 Å². The minimum Gasteiger partial charge on any atom is -0.369 e. The molecule has 2 bridgehead atoms. The maximum atomic E-state index is 15.2. The summed E-state index contributed by atoms with van der Waals surface area (Å²) in [7, 11) is 1.92. The van der Waals surface area contributed by atoms with Crippen LogP contribution < -0.4 is 0 Å². The molecule has 10 heteroatoms. The molecule has 10 nitrogen and oxygen atoms in total. The van der Waals surface area contributed by atoms with Crippen LogP contribution in [-0.2, 0) is 16.1 Å². The average Bonchev–Trinajstić information content (AvgIpc) is 3.49. The Bertz CT molecular complexity index is 1970. The molecule has 3 aliphatic heterocycles. The highest BCUT2D eigenvalue weighted by Crippen LogP contribution is 2.76. The predicted molar refractivity (Wildman–Crippen MR) is 158 cm³/mol. The first-order valence-electron chi connectivity index (χ1n) is 14.1. The van der Waals surface area contributed by atoms with Gasteiger partial charge in [-0.3, -0.25) is 34.8 Å². The van der Waals surface area contributed by atoms with E-state index in [0.29, 0.717) is 23.2 Å². The van der Waals surface area contributed by atoms with Crippen LogP contribution in [0.1, 0.15) is 28.2 Å². The van der Waals surface area contributed by atoms with Crippen LogP contribution in [0.5, 0.6) is 0 Å². The van der Waals surface area contributed by atoms with Crippen LogP contribution in [0.3, 0.4) is 0 Å². The zero-order chi connectivity index (χ0) is 29.9. The number of nitro benzene ring substituents is 2. The van der Waals surface area contributed by atoms with E-state index in [1.165, 1.54) is 18.2 Å². The lowest BCUT2D eigenvalue weighted by atomic mass is 9.57. The van der Waals surface area contributed by atoms with Crippen LogP contribution in [0, 0.1) is 25.6 Å². The van der Waals surface area contributed by atoms with Crippen LogP contribution in [0.2, 0.25) is 0 Å². The standard InChI is InChI=1S/C33H26N4O6/c1-34-18-28(22-9-3-11-25(16-22)37(42)43)31-19-35(17-23(30(31)38)14-20-6-2-10-24(15-20)36(40)41)33(39)27-13-5-8-21-7-4-12-26(29(21)27)32(31,33)34/h2-16,28,39H,17-19H2,1H3/b23-14+/t28-,31+,32-,33-/m1/s1. The smallest absolute Gasteiger partial charge is 0.270 e. The molecule has 2 spiro atoms. The number of carbonyl (C=O) groups is 1. The van der Waals surface area contributed by atoms with Crippen LogP contribution >= 0.6 is 0 Å². The minimum atomic E-state index is -1.58. The second-order valence-corrected chi connectivity index (χ2v) is 12.1. The largest absolute Gasteiger partial charge is 0.369 e. The molecule has 43 heavy (non-hydrogen) atoms. The highest BCUT2D eigenvalue weighted by Gasteiger charge is 2.85. The summed E-state index contributed by atoms with van der Waals surface area (Å²) in [5.41, 5.74) is -0.907. The molecular formula is C33H26N4O6. The number of aliphatic hydroxyl groups is 1. The van der Waals surface area contributed by atoms with Gasteiger partial charge in [0.25, 0.3) is 11.4 Å². The van der Waals surface area contributed by atoms with Crippen molar-refractivity contribution in [2.45, 2.75) is 17.2 Å². The van der Waals surface area contributed by atoms with Crippen molar-refractivity contribution < 1.29 is 19.7 Å². The predicted octanol–water partition coefficient (Wildman–Crippen LogP) is 4.71. The van der Waals surface area contributed by atoms with Gasteiger partial charge in [0.2, 0.25) is 0 Å². The first kappa shape index (κ1) is 25.9. The fraction of sp³-hybridized carbons (Fsp3) is 0.242. The second-order valence-electron chi connectivity index (χ2n) is 12.1. The molecule has 1 unspecified atom stereocenters. The van der Waals surface area contributed by atoms with Gasteiger partial charge in [-0.1, -0.05) is 60.7 Å². The third-order valence-electron chi connectivity index (χ3n) is 10.3. The molecule has 4 aliphatic rings. The van der Waals surface area contributed by atoms with Crippen LogP contribution in [0.25, 0.3) is 16.8 Å². The molecule has 8 rings (SSSR count). The van der Waals surface area contributed by atoms with Crippen molar-refractivity contribution in [1.29, 1.82) is 0 Å². The maximum absolute atomic E-state index is 15.2. The number of fused-ring (bicyclic) bond motifs is 3. The molecule has 0 radical (unpaired) electrons. The fourth-order valence-corrected chi connectivity index (χ4v) is 8.95. The number of nitro groups is 2. The van der Waals surface area contributed by atoms with E-state index in [4.69, 9.17) is 0 Å². The van der Waals surface area contributed by atoms with Gasteiger partial charge in [-0.25, -0.2) is 0 Å². The number of carbonyl (C=O) groups excluding carboxylic acids is 1. The van der Waals surface area contributed by atoms with E-state index >= 15 is 4.79 Å². The lowest BCUT2D eigenvalue weighted by Crippen LogP contribution is -2.60. The number of benzene rings is 4. The van der Waals surface area contributed by atoms with Gasteiger partial charge in [0.1, 0.15) is 5.54 Å². The van der Waals surface area contributed by atoms with Crippen molar-refractivity contribution in [2.24, 2.45) is 5.41 Å². The number of nitrogens with zero attached hydrogens (tertiary/aromatic N) is 4. The van der Waals surface area contributed by atoms with Crippen molar-refractivity contribution >= 4 is 34.0 Å². The van der Waals surface area contributed by atoms with E-state index in [9.17, 15) is 25.3 Å². The van der Waals surface area contributed by atoms with E-state index in [2.05, 4.69) is 4.90 Å². The van der Waals surface area contributed by atoms with E-state index in [-0.39, 0.29) is 30.2 Å². The van der Waals surface area contributed by atoms with Crippen molar-refractivity contribution in [1.82, 2.24) is 9.80 Å². The molecule has 1 N–H and O–H groups in total. The molecule has 5 atom stereocenters. The summed E-state index contributed by atoms with van der Waals surface area (Å²) < 4.78 is 0. The maximum Gasteiger partial charge on any atom is 0.270 e. The zero-order valence-corrected chi connectivity index (χ0v) is 23.1. The summed E-state index contributed by atoms with van der Waals surface area (Å²) in [6.07, 6.45) is 1.69. The lowest BCUT2D eigenvalue weighted by Gasteiger charge is -2.47. The molecule has 0 saturated carbocycles. The highest BCUT2D eigenvalue weighted by molar-refractivity contribution is 6.09. The molecule has 0 aromatic heterocycles. The van der Waals surface area contributed by atoms with Gasteiger partial charge >= 0.3 is 0 Å². The molecular weight excluding hydrogens is 548 g/mol. The Labute approximate surface area is 245 Å². The quantitative estimate of drug-likeness (QED) is 0.211. The number of hydrogen-bond donors (Lipinski definition) is 1. The number of piperidine rings is 1. The first-order valence-corrected chi connectivity index (χ1v) is 14.1. The lowest BCUT2D eigenvalue weighted by molar-refractivity contribution is -0.385. The van der Waals surface area contributed by atoms with Gasteiger partial charge < -0.3 is 5.11 Å². The van der Waals surface area contributed by atoms with Gasteiger partial charge in [-0.2, -0.15) is 0 Å². The Hall–Kier alpha value is -4.77. The number of likely N-dealkylation sites (N-methyl/N-ethyl adjacent to an activating group) is 1. The Morgan fingerprint density at radius 3 is 2.28 bits per heavy atom. The van der Waals surface area contributed by atoms with Crippen molar-refractivity contribution in [3.05, 3.63) is 133 Å². The highest BCUT2D eigenvalue weighted by atomic mass is 16.6. The number of likely N-dealkylation sites (tertiary alicyclic amines) is 1. The van der Waals surface area contributed by atoms with Crippen LogP contribution in [0.4, 0.5) is 11.4 Å². The summed E-state index contributed by atoms with van der Waals surface area (Å²) >= 11 is 0. The molecule has 3 heterocycles. The van der Waals surface area contributed by atoms with Gasteiger partial charge in [0.05, 0.1) is 15.3 Å². The summed E-state index contributed by atoms with van der Waals surface area (Å²) in [6, 6.07) is 24.4. The third-order valence-corrected chi connectivity index (χ3v) is 10.3. The molecule has 4 aromatic carbocycles. The third kappa shape index (κ3) is 2.90. The van der Waals surface area contributed by atoms with Gasteiger partial charge in [0.15, 0.2) is 11.5 Å². The van der Waals surface area contributed by atoms with Gasteiger partial charge in [-0.15, -0.1) is 0 Å². The zero-order valence-electron chi connectivity index (χ0n) is 23.1. The minimum absolute atomic E-state index is 0.0601. The number of hydrogen-bond acceptors (Lipinski definition) is 8. The Morgan fingerprint density at radius 1 is 0.907 bits per heavy atom. The fourth-order valence-electron chi connectivity index (χ4n) is 8.95. The number of rotatable bonds is 4. The van der Waals surface area contributed by atoms with Crippen molar-refractivity contribution in [3.8, 4) is 0 Å². The Kier molecular flexibility index (Phi) is 5.07. The SMILES string of the molecule is CN1C[C@H](c2cccc([N+](=O)[O-])c2)[C@@]23CN(C/C(=C\c4cccc([N+](=O)[O-])c4)C2=O)[C@@]2(O)c4cccc5cccc(c45)[C@@]132. The van der Waals surface area contributed by atoms with Crippen molar-refractivity contribution in [3.63, 3.8) is 0 Å². The van der Waals surface area contributed by atoms with Gasteiger partial charge in [0, 0.05) is 61.0 Å². The number of ketones is 1. The number of Topliss-reactive ketones (excluding diaryl/α,β-unsaturated/α-hetero) is 1. The van der Waals surface area contributed by atoms with E-state index in [0.717, 1.165) is 21.9 Å². The monoisotopic (exact) mass is 574 g/mol. The molecule has 3 saturated heterocycles. The molecule has 4 aromatic rings. The number of non-ortho nitro benzene ring substituents is 2. The normalized spacial score (nSPS) is 31.4. The Balaban J connectivity index is 1.42. The van der Waals surface area contributed by atoms with Crippen LogP contribution in [0.15, 0.2) is 90.5 Å². The summed E-state index contributed by atoms with van der Waals surface area (Å²) in [6.45, 7) is 0.774. The van der Waals surface area contributed by atoms with E-state index < -0.39 is 32.4 Å². The molecule has 214 valence electrons. The van der Waals surface area contributed by atoms with E-state index in [1.807, 2.05) is 54.4 Å².